The highest BCUT2D eigenvalue weighted by molar-refractivity contribution is 7.90. The lowest BCUT2D eigenvalue weighted by Gasteiger charge is -2.23. The molecule has 0 amide bonds. The molecule has 6 rings (SSSR count). The zero-order valence-electron chi connectivity index (χ0n) is 29.6. The molecule has 18 heteroatoms. The molecule has 0 spiro atoms. The molecule has 3 aromatic heterocycles. The first kappa shape index (κ1) is 37.5. The third-order valence-electron chi connectivity index (χ3n) is 8.60. The van der Waals surface area contributed by atoms with Crippen molar-refractivity contribution in [2.75, 3.05) is 20.3 Å². The summed E-state index contributed by atoms with van der Waals surface area (Å²) in [6.07, 6.45) is -2.92. The molecule has 16 nitrogen and oxygen atoms in total. The number of carbonyl (C=O) groups is 3. The number of nitrogens with zero attached hydrogens (tertiary/aromatic N) is 5. The monoisotopic (exact) mass is 769 g/mol. The Morgan fingerprint density at radius 3 is 2.30 bits per heavy atom. The summed E-state index contributed by atoms with van der Waals surface area (Å²) in [7, 11) is -2.44. The van der Waals surface area contributed by atoms with E-state index in [4.69, 9.17) is 40.0 Å². The van der Waals surface area contributed by atoms with Crippen molar-refractivity contribution in [3.8, 4) is 11.8 Å². The average Bonchev–Trinajstić information content (AvgIpc) is 3.75. The first-order valence-corrected chi connectivity index (χ1v) is 18.2. The van der Waals surface area contributed by atoms with Crippen LogP contribution in [0.5, 0.6) is 11.8 Å². The summed E-state index contributed by atoms with van der Waals surface area (Å²) >= 11 is 6.52. The van der Waals surface area contributed by atoms with E-state index in [0.29, 0.717) is 27.9 Å². The molecule has 5 aromatic rings. The van der Waals surface area contributed by atoms with Crippen LogP contribution in [0.25, 0.3) is 22.1 Å². The zero-order valence-corrected chi connectivity index (χ0v) is 31.1. The average molecular weight is 770 g/mol. The molecular formula is C35H36ClN5O11S. The second-order valence-electron chi connectivity index (χ2n) is 12.3. The summed E-state index contributed by atoms with van der Waals surface area (Å²) in [5, 5.41) is 0.606. The predicted octanol–water partition coefficient (Wildman–Crippen LogP) is 4.24. The smallest absolute Gasteiger partial charge is 0.319 e. The van der Waals surface area contributed by atoms with Gasteiger partial charge < -0.3 is 28.4 Å². The zero-order chi connectivity index (χ0) is 38.2. The van der Waals surface area contributed by atoms with Gasteiger partial charge in [-0.3, -0.25) is 19.0 Å². The van der Waals surface area contributed by atoms with Crippen molar-refractivity contribution in [3.05, 3.63) is 70.8 Å². The standard InChI is InChI=1S/C35H36ClN5O11S/c1-18-7-10-24(11-8-18)53(45,46)41-19(2)25(26-15-23(47-6)9-12-27(26)41)13-14-48-35-38-32(36)29-33(39-35)40(17-37-29)34-31(51-22(5)44)30(50-21(4)43)28(52-34)16-49-20(3)42/h7-12,15,17,28,30-31,34H,13-14,16H2,1-6H3/t28-,30-,31-,34-/m1/s1. The van der Waals surface area contributed by atoms with Gasteiger partial charge in [-0.2, -0.15) is 9.97 Å². The van der Waals surface area contributed by atoms with Crippen LogP contribution in [0.3, 0.4) is 0 Å². The molecule has 1 aliphatic heterocycles. The maximum Gasteiger partial charge on any atom is 0.319 e. The van der Waals surface area contributed by atoms with Gasteiger partial charge >= 0.3 is 23.9 Å². The number of aryl methyl sites for hydroxylation is 1. The number of methoxy groups -OCH3 is 1. The molecule has 4 heterocycles. The number of benzene rings is 2. The van der Waals surface area contributed by atoms with Crippen molar-refractivity contribution in [1.29, 1.82) is 0 Å². The molecule has 4 atom stereocenters. The second kappa shape index (κ2) is 15.0. The SMILES string of the molecule is COc1ccc2c(c1)c(CCOc1nc(Cl)c3ncn([C@@H]4O[C@H](COC(C)=O)[C@@H](OC(C)=O)[C@H]4OC(C)=O)c3n1)c(C)n2S(=O)(=O)c1ccc(C)cc1. The summed E-state index contributed by atoms with van der Waals surface area (Å²) in [6.45, 7) is 6.90. The minimum atomic E-state index is -3.97. The number of aromatic nitrogens is 5. The summed E-state index contributed by atoms with van der Waals surface area (Å²) in [5.41, 5.74) is 2.90. The summed E-state index contributed by atoms with van der Waals surface area (Å²) < 4.78 is 64.3. The molecule has 0 saturated carbocycles. The van der Waals surface area contributed by atoms with Gasteiger partial charge in [0.2, 0.25) is 0 Å². The quantitative estimate of drug-likeness (QED) is 0.0995. The van der Waals surface area contributed by atoms with Crippen LogP contribution in [-0.2, 0) is 49.8 Å². The van der Waals surface area contributed by atoms with Crippen LogP contribution in [-0.4, -0.2) is 88.5 Å². The molecule has 1 saturated heterocycles. The Hall–Kier alpha value is -5.26. The third-order valence-corrected chi connectivity index (χ3v) is 10.7. The maximum absolute atomic E-state index is 13.9. The van der Waals surface area contributed by atoms with E-state index in [1.807, 2.05) is 6.92 Å². The van der Waals surface area contributed by atoms with Crippen LogP contribution in [0.2, 0.25) is 5.15 Å². The summed E-state index contributed by atoms with van der Waals surface area (Å²) in [6, 6.07) is 11.7. The number of ether oxygens (including phenoxy) is 6. The van der Waals surface area contributed by atoms with Crippen LogP contribution in [0.15, 0.2) is 53.7 Å². The molecule has 0 aliphatic carbocycles. The Balaban J connectivity index is 1.32. The number of rotatable bonds is 12. The molecule has 1 aliphatic rings. The van der Waals surface area contributed by atoms with E-state index in [1.54, 1.807) is 49.4 Å². The van der Waals surface area contributed by atoms with Crippen LogP contribution in [0.1, 0.15) is 43.8 Å². The highest BCUT2D eigenvalue weighted by Crippen LogP contribution is 2.37. The molecule has 0 radical (unpaired) electrons. The number of esters is 3. The van der Waals surface area contributed by atoms with Crippen LogP contribution >= 0.6 is 11.6 Å². The van der Waals surface area contributed by atoms with Gasteiger partial charge in [-0.25, -0.2) is 17.4 Å². The fraction of sp³-hybridized carbons (Fsp3) is 0.371. The van der Waals surface area contributed by atoms with Crippen LogP contribution < -0.4 is 9.47 Å². The van der Waals surface area contributed by atoms with Crippen molar-refractivity contribution in [2.45, 2.75) is 70.5 Å². The van der Waals surface area contributed by atoms with Gasteiger partial charge in [0.05, 0.1) is 30.5 Å². The second-order valence-corrected chi connectivity index (χ2v) is 14.4. The van der Waals surface area contributed by atoms with Crippen molar-refractivity contribution < 1.29 is 51.2 Å². The molecular weight excluding hydrogens is 734 g/mol. The predicted molar refractivity (Wildman–Crippen MR) is 188 cm³/mol. The minimum Gasteiger partial charge on any atom is -0.497 e. The van der Waals surface area contributed by atoms with Gasteiger partial charge in [0.15, 0.2) is 29.2 Å². The number of halogens is 1. The number of carbonyl (C=O) groups excluding carboxylic acids is 3. The van der Waals surface area contributed by atoms with E-state index in [2.05, 4.69) is 15.0 Å². The van der Waals surface area contributed by atoms with Crippen molar-refractivity contribution in [3.63, 3.8) is 0 Å². The summed E-state index contributed by atoms with van der Waals surface area (Å²) in [4.78, 5) is 49.0. The number of hydrogen-bond donors (Lipinski definition) is 0. The highest BCUT2D eigenvalue weighted by atomic mass is 35.5. The van der Waals surface area contributed by atoms with E-state index >= 15 is 0 Å². The van der Waals surface area contributed by atoms with E-state index in [1.165, 1.54) is 42.7 Å². The first-order chi connectivity index (χ1) is 25.2. The van der Waals surface area contributed by atoms with Gasteiger partial charge in [-0.05, 0) is 49.7 Å². The Labute approximate surface area is 308 Å². The van der Waals surface area contributed by atoms with Crippen molar-refractivity contribution in [2.24, 2.45) is 0 Å². The lowest BCUT2D eigenvalue weighted by molar-refractivity contribution is -0.166. The molecule has 0 bridgehead atoms. The third kappa shape index (κ3) is 7.49. The molecule has 53 heavy (non-hydrogen) atoms. The number of fused-ring (bicyclic) bond motifs is 2. The lowest BCUT2D eigenvalue weighted by Crippen LogP contribution is -2.40. The van der Waals surface area contributed by atoms with Crippen molar-refractivity contribution in [1.82, 2.24) is 23.5 Å². The Bertz CT molecular complexity index is 2320. The normalized spacial score (nSPS) is 18.6. The number of hydrogen-bond acceptors (Lipinski definition) is 14. The number of imidazole rings is 1. The highest BCUT2D eigenvalue weighted by Gasteiger charge is 2.51. The first-order valence-electron chi connectivity index (χ1n) is 16.4. The maximum atomic E-state index is 13.9. The Morgan fingerprint density at radius 2 is 1.64 bits per heavy atom. The van der Waals surface area contributed by atoms with Crippen LogP contribution in [0, 0.1) is 13.8 Å². The van der Waals surface area contributed by atoms with Crippen molar-refractivity contribution >= 4 is 61.6 Å². The van der Waals surface area contributed by atoms with Gasteiger partial charge in [0.1, 0.15) is 24.0 Å². The largest absolute Gasteiger partial charge is 0.497 e. The van der Waals surface area contributed by atoms with Crippen LogP contribution in [0.4, 0.5) is 0 Å². The van der Waals surface area contributed by atoms with Gasteiger partial charge in [0, 0.05) is 38.3 Å². The molecule has 0 unspecified atom stereocenters. The lowest BCUT2D eigenvalue weighted by atomic mass is 10.1. The van der Waals surface area contributed by atoms with Gasteiger partial charge in [-0.1, -0.05) is 29.3 Å². The Morgan fingerprint density at radius 1 is 0.943 bits per heavy atom. The fourth-order valence-electron chi connectivity index (χ4n) is 6.28. The fourth-order valence-corrected chi connectivity index (χ4v) is 8.06. The van der Waals surface area contributed by atoms with E-state index in [9.17, 15) is 22.8 Å². The van der Waals surface area contributed by atoms with Gasteiger partial charge in [0.25, 0.3) is 10.0 Å². The molecule has 1 fully saturated rings. The van der Waals surface area contributed by atoms with E-state index < -0.39 is 52.5 Å². The van der Waals surface area contributed by atoms with E-state index in [0.717, 1.165) is 5.56 Å². The molecule has 280 valence electrons. The van der Waals surface area contributed by atoms with E-state index in [-0.39, 0.29) is 46.9 Å². The molecule has 0 N–H and O–H groups in total. The molecule has 2 aromatic carbocycles. The topological polar surface area (TPSA) is 189 Å². The minimum absolute atomic E-state index is 0.00665. The van der Waals surface area contributed by atoms with Gasteiger partial charge in [-0.15, -0.1) is 0 Å². The summed E-state index contributed by atoms with van der Waals surface area (Å²) in [5.74, 6) is -1.41. The Kier molecular flexibility index (Phi) is 10.6.